The third-order valence-electron chi connectivity index (χ3n) is 2.95. The first-order valence-electron chi connectivity index (χ1n) is 7.09. The summed E-state index contributed by atoms with van der Waals surface area (Å²) in [6.45, 7) is 2.21. The maximum atomic E-state index is 11.2. The van der Waals surface area contributed by atoms with Gasteiger partial charge in [0.2, 0.25) is 0 Å². The number of hydrogen-bond donors (Lipinski definition) is 1. The zero-order valence-electron chi connectivity index (χ0n) is 12.4. The lowest BCUT2D eigenvalue weighted by Crippen LogP contribution is -2.24. The monoisotopic (exact) mass is 305 g/mol. The molecule has 0 aromatic carbocycles. The van der Waals surface area contributed by atoms with Crippen molar-refractivity contribution in [2.45, 2.75) is 63.5 Å². The first kappa shape index (κ1) is 18.7. The molecule has 0 saturated heterocycles. The van der Waals surface area contributed by atoms with Crippen LogP contribution < -0.4 is 0 Å². The number of carbonyl (C=O) groups is 1. The largest absolute Gasteiger partial charge is 0.480 e. The maximum absolute atomic E-state index is 11.2. The fourth-order valence-corrected chi connectivity index (χ4v) is 2.93. The van der Waals surface area contributed by atoms with E-state index in [4.69, 9.17) is 12.2 Å². The Labute approximate surface area is 127 Å². The summed E-state index contributed by atoms with van der Waals surface area (Å²) in [5.74, 6) is -0.750. The maximum Gasteiger partial charge on any atom is 0.317 e. The van der Waals surface area contributed by atoms with E-state index in [1.807, 2.05) is 14.1 Å². The molecular formula is C14H27NO2S2. The van der Waals surface area contributed by atoms with Crippen LogP contribution in [-0.4, -0.2) is 39.6 Å². The van der Waals surface area contributed by atoms with Gasteiger partial charge in [0.25, 0.3) is 0 Å². The van der Waals surface area contributed by atoms with E-state index in [1.165, 1.54) is 43.9 Å². The summed E-state index contributed by atoms with van der Waals surface area (Å²) >= 11 is 6.44. The Balaban J connectivity index is 3.78. The van der Waals surface area contributed by atoms with Crippen LogP contribution in [0.3, 0.4) is 0 Å². The smallest absolute Gasteiger partial charge is 0.317 e. The molecule has 19 heavy (non-hydrogen) atoms. The number of carboxylic acids is 1. The van der Waals surface area contributed by atoms with Crippen LogP contribution in [0, 0.1) is 0 Å². The summed E-state index contributed by atoms with van der Waals surface area (Å²) < 4.78 is 0.648. The van der Waals surface area contributed by atoms with Gasteiger partial charge in [-0.1, -0.05) is 75.8 Å². The van der Waals surface area contributed by atoms with Crippen molar-refractivity contribution in [2.75, 3.05) is 14.1 Å². The molecule has 0 radical (unpaired) electrons. The Morgan fingerprint density at radius 2 is 1.68 bits per heavy atom. The summed E-state index contributed by atoms with van der Waals surface area (Å²) in [7, 11) is 3.70. The number of carboxylic acid groups (broad SMARTS) is 1. The minimum absolute atomic E-state index is 0.398. The molecule has 0 saturated carbocycles. The zero-order chi connectivity index (χ0) is 14.7. The Bertz CT molecular complexity index is 270. The molecule has 0 aliphatic rings. The van der Waals surface area contributed by atoms with Crippen molar-refractivity contribution in [1.29, 1.82) is 0 Å². The van der Waals surface area contributed by atoms with Gasteiger partial charge in [-0.15, -0.1) is 0 Å². The fraction of sp³-hybridized carbons (Fsp3) is 0.857. The van der Waals surface area contributed by atoms with Crippen LogP contribution in [0.4, 0.5) is 0 Å². The van der Waals surface area contributed by atoms with Gasteiger partial charge in [-0.2, -0.15) is 0 Å². The van der Waals surface area contributed by atoms with Gasteiger partial charge >= 0.3 is 5.97 Å². The highest BCUT2D eigenvalue weighted by Gasteiger charge is 2.20. The highest BCUT2D eigenvalue weighted by atomic mass is 32.2. The number of unbranched alkanes of at least 4 members (excludes halogenated alkanes) is 6. The van der Waals surface area contributed by atoms with E-state index in [2.05, 4.69) is 6.92 Å². The standard InChI is InChI=1S/C14H27NO2S2/c1-4-5-6-7-8-9-10-11-12(13(16)17)19-14(18)15(2)3/h12H,4-11H2,1-3H3,(H,16,17). The van der Waals surface area contributed by atoms with E-state index >= 15 is 0 Å². The van der Waals surface area contributed by atoms with E-state index in [0.29, 0.717) is 10.7 Å². The summed E-state index contributed by atoms with van der Waals surface area (Å²) in [5.41, 5.74) is 0. The molecule has 0 aliphatic carbocycles. The third kappa shape index (κ3) is 10.2. The molecule has 0 aromatic rings. The third-order valence-corrected chi connectivity index (χ3v) is 4.90. The average Bonchev–Trinajstić information content (AvgIpc) is 2.35. The van der Waals surface area contributed by atoms with E-state index in [9.17, 15) is 9.90 Å². The van der Waals surface area contributed by atoms with E-state index < -0.39 is 11.2 Å². The summed E-state index contributed by atoms with van der Waals surface area (Å²) in [5, 5.41) is 8.78. The number of thiocarbonyl (C=S) groups is 1. The molecule has 1 N–H and O–H groups in total. The first-order chi connectivity index (χ1) is 8.99. The quantitative estimate of drug-likeness (QED) is 0.485. The number of thioether (sulfide) groups is 1. The zero-order valence-corrected chi connectivity index (χ0v) is 14.0. The Kier molecular flexibility index (Phi) is 11.4. The number of hydrogen-bond acceptors (Lipinski definition) is 3. The minimum Gasteiger partial charge on any atom is -0.480 e. The van der Waals surface area contributed by atoms with Crippen LogP contribution in [0.25, 0.3) is 0 Å². The highest BCUT2D eigenvalue weighted by Crippen LogP contribution is 2.21. The van der Waals surface area contributed by atoms with Crippen molar-refractivity contribution in [2.24, 2.45) is 0 Å². The van der Waals surface area contributed by atoms with Gasteiger partial charge in [0.05, 0.1) is 0 Å². The molecule has 0 bridgehead atoms. The van der Waals surface area contributed by atoms with Crippen LogP contribution in [0.5, 0.6) is 0 Å². The summed E-state index contributed by atoms with van der Waals surface area (Å²) in [6, 6.07) is 0. The Hall–Kier alpha value is -0.290. The SMILES string of the molecule is CCCCCCCCCC(SC(=S)N(C)C)C(=O)O. The minimum atomic E-state index is -0.750. The Morgan fingerprint density at radius 1 is 1.16 bits per heavy atom. The van der Waals surface area contributed by atoms with Crippen LogP contribution in [-0.2, 0) is 4.79 Å². The van der Waals surface area contributed by atoms with Crippen molar-refractivity contribution >= 4 is 34.3 Å². The molecule has 0 fully saturated rings. The van der Waals surface area contributed by atoms with Gasteiger partial charge < -0.3 is 10.0 Å². The van der Waals surface area contributed by atoms with Crippen molar-refractivity contribution < 1.29 is 9.90 Å². The van der Waals surface area contributed by atoms with Gasteiger partial charge in [-0.3, -0.25) is 4.79 Å². The molecule has 5 heteroatoms. The van der Waals surface area contributed by atoms with Gasteiger partial charge in [-0.25, -0.2) is 0 Å². The van der Waals surface area contributed by atoms with Gasteiger partial charge in [0.1, 0.15) is 9.57 Å². The number of aliphatic carboxylic acids is 1. The molecule has 0 heterocycles. The van der Waals surface area contributed by atoms with E-state index in [-0.39, 0.29) is 0 Å². The van der Waals surface area contributed by atoms with Gasteiger partial charge in [0.15, 0.2) is 0 Å². The van der Waals surface area contributed by atoms with Crippen LogP contribution in [0.15, 0.2) is 0 Å². The fourth-order valence-electron chi connectivity index (χ4n) is 1.75. The topological polar surface area (TPSA) is 40.5 Å². The van der Waals surface area contributed by atoms with Crippen LogP contribution in [0.1, 0.15) is 58.3 Å². The van der Waals surface area contributed by atoms with Crippen molar-refractivity contribution in [1.82, 2.24) is 4.90 Å². The molecule has 3 nitrogen and oxygen atoms in total. The molecule has 0 aromatic heterocycles. The second-order valence-corrected chi connectivity index (χ2v) is 6.85. The second-order valence-electron chi connectivity index (χ2n) is 5.02. The molecule has 1 atom stereocenters. The van der Waals surface area contributed by atoms with Crippen molar-refractivity contribution in [3.8, 4) is 0 Å². The normalized spacial score (nSPS) is 12.2. The number of rotatable bonds is 10. The molecular weight excluding hydrogens is 278 g/mol. The lowest BCUT2D eigenvalue weighted by atomic mass is 10.1. The van der Waals surface area contributed by atoms with Crippen LogP contribution >= 0.6 is 24.0 Å². The molecule has 0 aliphatic heterocycles. The molecule has 112 valence electrons. The van der Waals surface area contributed by atoms with E-state index in [1.54, 1.807) is 4.90 Å². The Morgan fingerprint density at radius 3 is 2.16 bits per heavy atom. The lowest BCUT2D eigenvalue weighted by Gasteiger charge is -2.17. The molecule has 0 rings (SSSR count). The molecule has 0 spiro atoms. The average molecular weight is 306 g/mol. The second kappa shape index (κ2) is 11.5. The number of nitrogens with zero attached hydrogens (tertiary/aromatic N) is 1. The predicted octanol–water partition coefficient (Wildman–Crippen LogP) is 4.16. The summed E-state index contributed by atoms with van der Waals surface area (Å²) in [6.07, 6.45) is 9.18. The van der Waals surface area contributed by atoms with Crippen LogP contribution in [0.2, 0.25) is 0 Å². The molecule has 1 unspecified atom stereocenters. The van der Waals surface area contributed by atoms with Crippen molar-refractivity contribution in [3.05, 3.63) is 0 Å². The first-order valence-corrected chi connectivity index (χ1v) is 8.38. The summed E-state index contributed by atoms with van der Waals surface area (Å²) in [4.78, 5) is 13.0. The van der Waals surface area contributed by atoms with Gasteiger partial charge in [-0.05, 0) is 6.42 Å². The molecule has 0 amide bonds. The van der Waals surface area contributed by atoms with Crippen molar-refractivity contribution in [3.63, 3.8) is 0 Å². The predicted molar refractivity (Wildman–Crippen MR) is 87.9 cm³/mol. The van der Waals surface area contributed by atoms with E-state index in [0.717, 1.165) is 12.8 Å². The highest BCUT2D eigenvalue weighted by molar-refractivity contribution is 8.23. The van der Waals surface area contributed by atoms with Gasteiger partial charge in [0, 0.05) is 14.1 Å². The lowest BCUT2D eigenvalue weighted by molar-refractivity contribution is -0.136.